The van der Waals surface area contributed by atoms with E-state index < -0.39 is 0 Å². The van der Waals surface area contributed by atoms with Gasteiger partial charge in [0.05, 0.1) is 31.1 Å². The van der Waals surface area contributed by atoms with Gasteiger partial charge in [-0.15, -0.1) is 0 Å². The first-order valence-electron chi connectivity index (χ1n) is 8.85. The minimum Gasteiger partial charge on any atom is -0.378 e. The number of ether oxygens (including phenoxy) is 1. The molecule has 0 spiro atoms. The van der Waals surface area contributed by atoms with Crippen LogP contribution in [0.15, 0.2) is 36.5 Å². The van der Waals surface area contributed by atoms with Crippen LogP contribution in [0.4, 0.5) is 0 Å². The van der Waals surface area contributed by atoms with Crippen molar-refractivity contribution in [1.82, 2.24) is 14.9 Å². The second-order valence-corrected chi connectivity index (χ2v) is 6.67. The van der Waals surface area contributed by atoms with Crippen LogP contribution in [0.2, 0.25) is 0 Å². The van der Waals surface area contributed by atoms with E-state index in [9.17, 15) is 0 Å². The Labute approximate surface area is 137 Å². The predicted molar refractivity (Wildman–Crippen MR) is 91.2 cm³/mol. The molecule has 23 heavy (non-hydrogen) atoms. The lowest BCUT2D eigenvalue weighted by Crippen LogP contribution is -2.46. The Hall–Kier alpha value is -1.65. The molecular weight excluding hydrogens is 286 g/mol. The molecule has 2 fully saturated rings. The Morgan fingerprint density at radius 3 is 2.74 bits per heavy atom. The highest BCUT2D eigenvalue weighted by molar-refractivity contribution is 5.58. The highest BCUT2D eigenvalue weighted by Crippen LogP contribution is 2.32. The van der Waals surface area contributed by atoms with Gasteiger partial charge in [0.15, 0.2) is 0 Å². The minimum absolute atomic E-state index is 0.268. The minimum atomic E-state index is 0.268. The van der Waals surface area contributed by atoms with E-state index in [-0.39, 0.29) is 6.04 Å². The van der Waals surface area contributed by atoms with Crippen LogP contribution < -0.4 is 0 Å². The number of hydrogen-bond acceptors (Lipinski definition) is 3. The molecule has 1 aliphatic heterocycles. The molecule has 2 heterocycles. The van der Waals surface area contributed by atoms with Crippen molar-refractivity contribution < 1.29 is 4.74 Å². The number of aromatic nitrogens is 2. The molecular formula is C19H25N3O. The van der Waals surface area contributed by atoms with Crippen LogP contribution in [-0.4, -0.2) is 40.7 Å². The van der Waals surface area contributed by atoms with Gasteiger partial charge in [-0.25, -0.2) is 4.98 Å². The maximum atomic E-state index is 5.77. The molecule has 1 saturated carbocycles. The summed E-state index contributed by atoms with van der Waals surface area (Å²) in [7, 11) is 0. The molecule has 1 aliphatic carbocycles. The lowest BCUT2D eigenvalue weighted by Gasteiger charge is -2.41. The molecule has 1 aromatic heterocycles. The number of imidazole rings is 1. The Balaban J connectivity index is 1.56. The molecule has 0 bridgehead atoms. The van der Waals surface area contributed by atoms with Crippen LogP contribution in [0, 0.1) is 0 Å². The fourth-order valence-electron chi connectivity index (χ4n) is 3.97. The standard InChI is InChI=1S/C19H25N3O/c1-3-7-15(8-4-1)17-13-20-19(21-17)18-14-23-12-11-22(18)16-9-5-2-6-10-16/h1,3-4,7-8,13,16,18H,2,5-6,9-12,14H2,(H,20,21)/t18-/m0/s1. The van der Waals surface area contributed by atoms with E-state index in [1.165, 1.54) is 37.7 Å². The molecule has 2 aromatic rings. The summed E-state index contributed by atoms with van der Waals surface area (Å²) in [5, 5.41) is 0. The van der Waals surface area contributed by atoms with Crippen molar-refractivity contribution in [2.45, 2.75) is 44.2 Å². The van der Waals surface area contributed by atoms with E-state index >= 15 is 0 Å². The molecule has 4 nitrogen and oxygen atoms in total. The fourth-order valence-corrected chi connectivity index (χ4v) is 3.97. The van der Waals surface area contributed by atoms with Crippen molar-refractivity contribution in [2.24, 2.45) is 0 Å². The second kappa shape index (κ2) is 6.85. The molecule has 4 heteroatoms. The first-order valence-corrected chi connectivity index (χ1v) is 8.85. The highest BCUT2D eigenvalue weighted by atomic mass is 16.5. The van der Waals surface area contributed by atoms with E-state index in [1.807, 2.05) is 12.3 Å². The maximum Gasteiger partial charge on any atom is 0.126 e. The van der Waals surface area contributed by atoms with Gasteiger partial charge < -0.3 is 9.72 Å². The number of hydrogen-bond donors (Lipinski definition) is 1. The number of aromatic amines is 1. The topological polar surface area (TPSA) is 41.1 Å². The number of rotatable bonds is 3. The molecule has 1 N–H and O–H groups in total. The SMILES string of the molecule is c1ccc(-c2cnc([C@@H]3COCCN3C3CCCCC3)[nH]2)cc1. The lowest BCUT2D eigenvalue weighted by molar-refractivity contribution is -0.0400. The summed E-state index contributed by atoms with van der Waals surface area (Å²) >= 11 is 0. The number of H-pyrrole nitrogens is 1. The number of nitrogens with zero attached hydrogens (tertiary/aromatic N) is 2. The van der Waals surface area contributed by atoms with Crippen LogP contribution in [0.25, 0.3) is 11.3 Å². The van der Waals surface area contributed by atoms with Gasteiger partial charge in [0.25, 0.3) is 0 Å². The summed E-state index contributed by atoms with van der Waals surface area (Å²) < 4.78 is 5.77. The van der Waals surface area contributed by atoms with Crippen LogP contribution >= 0.6 is 0 Å². The average Bonchev–Trinajstić information content (AvgIpc) is 3.13. The van der Waals surface area contributed by atoms with Crippen LogP contribution in [-0.2, 0) is 4.74 Å². The van der Waals surface area contributed by atoms with Crippen molar-refractivity contribution in [3.63, 3.8) is 0 Å². The zero-order valence-corrected chi connectivity index (χ0v) is 13.6. The Kier molecular flexibility index (Phi) is 4.44. The average molecular weight is 311 g/mol. The molecule has 0 radical (unpaired) electrons. The van der Waals surface area contributed by atoms with Gasteiger partial charge in [0.2, 0.25) is 0 Å². The summed E-state index contributed by atoms with van der Waals surface area (Å²) in [6.45, 7) is 2.62. The third-order valence-electron chi connectivity index (χ3n) is 5.21. The summed E-state index contributed by atoms with van der Waals surface area (Å²) in [4.78, 5) is 10.9. The molecule has 4 rings (SSSR count). The number of nitrogens with one attached hydrogen (secondary N) is 1. The summed E-state index contributed by atoms with van der Waals surface area (Å²) in [5.41, 5.74) is 2.28. The molecule has 1 atom stereocenters. The molecule has 1 aromatic carbocycles. The Bertz CT molecular complexity index is 619. The van der Waals surface area contributed by atoms with Crippen molar-refractivity contribution in [2.75, 3.05) is 19.8 Å². The van der Waals surface area contributed by atoms with Gasteiger partial charge >= 0.3 is 0 Å². The van der Waals surface area contributed by atoms with E-state index in [4.69, 9.17) is 4.74 Å². The zero-order chi connectivity index (χ0) is 15.5. The van der Waals surface area contributed by atoms with E-state index in [2.05, 4.69) is 39.1 Å². The zero-order valence-electron chi connectivity index (χ0n) is 13.6. The first-order chi connectivity index (χ1) is 11.4. The maximum absolute atomic E-state index is 5.77. The van der Waals surface area contributed by atoms with Crippen molar-refractivity contribution in [3.05, 3.63) is 42.4 Å². The van der Waals surface area contributed by atoms with Crippen molar-refractivity contribution in [1.29, 1.82) is 0 Å². The van der Waals surface area contributed by atoms with E-state index in [0.717, 1.165) is 31.3 Å². The molecule has 122 valence electrons. The highest BCUT2D eigenvalue weighted by Gasteiger charge is 2.32. The smallest absolute Gasteiger partial charge is 0.126 e. The second-order valence-electron chi connectivity index (χ2n) is 6.67. The number of benzene rings is 1. The largest absolute Gasteiger partial charge is 0.378 e. The fraction of sp³-hybridized carbons (Fsp3) is 0.526. The summed E-state index contributed by atoms with van der Waals surface area (Å²) in [5.74, 6) is 1.05. The van der Waals surface area contributed by atoms with Gasteiger partial charge in [0, 0.05) is 12.6 Å². The van der Waals surface area contributed by atoms with Gasteiger partial charge in [-0.3, -0.25) is 4.90 Å². The third kappa shape index (κ3) is 3.19. The van der Waals surface area contributed by atoms with Crippen molar-refractivity contribution in [3.8, 4) is 11.3 Å². The van der Waals surface area contributed by atoms with Crippen molar-refractivity contribution >= 4 is 0 Å². The van der Waals surface area contributed by atoms with Crippen LogP contribution in [0.3, 0.4) is 0 Å². The van der Waals surface area contributed by atoms with Crippen LogP contribution in [0.1, 0.15) is 44.0 Å². The predicted octanol–water partition coefficient (Wildman–Crippen LogP) is 3.78. The Morgan fingerprint density at radius 2 is 1.91 bits per heavy atom. The van der Waals surface area contributed by atoms with E-state index in [0.29, 0.717) is 6.04 Å². The normalized spacial score (nSPS) is 23.9. The molecule has 1 saturated heterocycles. The summed E-state index contributed by atoms with van der Waals surface area (Å²) in [6, 6.07) is 11.4. The van der Waals surface area contributed by atoms with Crippen LogP contribution in [0.5, 0.6) is 0 Å². The Morgan fingerprint density at radius 1 is 1.09 bits per heavy atom. The molecule has 0 unspecified atom stereocenters. The van der Waals surface area contributed by atoms with Gasteiger partial charge in [0.1, 0.15) is 5.82 Å². The number of morpholine rings is 1. The van der Waals surface area contributed by atoms with Gasteiger partial charge in [-0.1, -0.05) is 49.6 Å². The van der Waals surface area contributed by atoms with E-state index in [1.54, 1.807) is 0 Å². The lowest BCUT2D eigenvalue weighted by atomic mass is 9.93. The third-order valence-corrected chi connectivity index (χ3v) is 5.21. The first kappa shape index (κ1) is 14.9. The monoisotopic (exact) mass is 311 g/mol. The van der Waals surface area contributed by atoms with Gasteiger partial charge in [-0.2, -0.15) is 0 Å². The summed E-state index contributed by atoms with van der Waals surface area (Å²) in [6.07, 6.45) is 8.72. The van der Waals surface area contributed by atoms with Gasteiger partial charge in [-0.05, 0) is 18.4 Å². The molecule has 0 amide bonds. The molecule has 2 aliphatic rings. The quantitative estimate of drug-likeness (QED) is 0.938.